The van der Waals surface area contributed by atoms with Crippen molar-refractivity contribution < 1.29 is 4.79 Å². The second-order valence-corrected chi connectivity index (χ2v) is 7.59. The van der Waals surface area contributed by atoms with Crippen LogP contribution < -0.4 is 5.32 Å². The average Bonchev–Trinajstić information content (AvgIpc) is 3.06. The number of thioether (sulfide) groups is 1. The zero-order valence-corrected chi connectivity index (χ0v) is 17.2. The average molecular weight is 421 g/mol. The Morgan fingerprint density at radius 2 is 1.93 bits per heavy atom. The van der Waals surface area contributed by atoms with E-state index in [0.29, 0.717) is 33.3 Å². The number of aromatic nitrogens is 3. The van der Waals surface area contributed by atoms with Crippen molar-refractivity contribution in [2.24, 2.45) is 0 Å². The highest BCUT2D eigenvalue weighted by molar-refractivity contribution is 7.99. The van der Waals surface area contributed by atoms with Gasteiger partial charge in [-0.25, -0.2) is 0 Å². The fraction of sp³-hybridized carbons (Fsp3) is 0.211. The molecule has 1 aromatic heterocycles. The van der Waals surface area contributed by atoms with E-state index in [1.807, 2.05) is 54.8 Å². The highest BCUT2D eigenvalue weighted by Gasteiger charge is 2.16. The molecule has 0 fully saturated rings. The lowest BCUT2D eigenvalue weighted by Gasteiger charge is -2.09. The Balaban J connectivity index is 1.70. The number of nitrogens with zero attached hydrogens (tertiary/aromatic N) is 3. The van der Waals surface area contributed by atoms with Crippen LogP contribution in [0, 0.1) is 6.92 Å². The summed E-state index contributed by atoms with van der Waals surface area (Å²) in [6, 6.07) is 12.9. The van der Waals surface area contributed by atoms with Crippen molar-refractivity contribution in [2.75, 3.05) is 11.1 Å². The van der Waals surface area contributed by atoms with Gasteiger partial charge in [0.1, 0.15) is 0 Å². The summed E-state index contributed by atoms with van der Waals surface area (Å²) in [4.78, 5) is 12.3. The Bertz CT molecular complexity index is 974. The topological polar surface area (TPSA) is 59.8 Å². The lowest BCUT2D eigenvalue weighted by atomic mass is 10.2. The molecule has 0 saturated heterocycles. The molecular formula is C19H18Cl2N4OS. The smallest absolute Gasteiger partial charge is 0.234 e. The van der Waals surface area contributed by atoms with Crippen molar-refractivity contribution in [3.05, 3.63) is 58.1 Å². The molecule has 140 valence electrons. The second-order valence-electron chi connectivity index (χ2n) is 5.83. The van der Waals surface area contributed by atoms with Gasteiger partial charge in [-0.2, -0.15) is 0 Å². The number of anilines is 1. The number of carbonyl (C=O) groups excluding carboxylic acids is 1. The number of rotatable bonds is 6. The maximum Gasteiger partial charge on any atom is 0.234 e. The molecule has 1 N–H and O–H groups in total. The van der Waals surface area contributed by atoms with Gasteiger partial charge in [0.15, 0.2) is 11.0 Å². The van der Waals surface area contributed by atoms with E-state index in [9.17, 15) is 4.79 Å². The van der Waals surface area contributed by atoms with E-state index in [4.69, 9.17) is 23.2 Å². The van der Waals surface area contributed by atoms with Gasteiger partial charge >= 0.3 is 0 Å². The van der Waals surface area contributed by atoms with Gasteiger partial charge in [-0.1, -0.05) is 53.2 Å². The minimum atomic E-state index is -0.134. The molecule has 0 radical (unpaired) electrons. The van der Waals surface area contributed by atoms with Crippen molar-refractivity contribution in [3.8, 4) is 11.4 Å². The van der Waals surface area contributed by atoms with E-state index >= 15 is 0 Å². The molecule has 1 heterocycles. The van der Waals surface area contributed by atoms with E-state index < -0.39 is 0 Å². The molecule has 0 atom stereocenters. The summed E-state index contributed by atoms with van der Waals surface area (Å²) >= 11 is 13.7. The molecule has 5 nitrogen and oxygen atoms in total. The summed E-state index contributed by atoms with van der Waals surface area (Å²) < 4.78 is 1.95. The number of carbonyl (C=O) groups is 1. The van der Waals surface area contributed by atoms with Gasteiger partial charge in [-0.05, 0) is 43.7 Å². The minimum Gasteiger partial charge on any atom is -0.325 e. The summed E-state index contributed by atoms with van der Waals surface area (Å²) in [6.07, 6.45) is 0. The molecule has 3 rings (SSSR count). The van der Waals surface area contributed by atoms with Gasteiger partial charge in [0.25, 0.3) is 0 Å². The van der Waals surface area contributed by atoms with Crippen LogP contribution in [0.4, 0.5) is 5.69 Å². The maximum atomic E-state index is 12.3. The Morgan fingerprint density at radius 1 is 1.15 bits per heavy atom. The zero-order valence-electron chi connectivity index (χ0n) is 14.9. The van der Waals surface area contributed by atoms with Crippen molar-refractivity contribution in [1.82, 2.24) is 14.8 Å². The van der Waals surface area contributed by atoms with Crippen LogP contribution in [-0.4, -0.2) is 26.4 Å². The molecule has 3 aromatic rings. The van der Waals surface area contributed by atoms with Gasteiger partial charge in [0, 0.05) is 22.8 Å². The quantitative estimate of drug-likeness (QED) is 0.548. The highest BCUT2D eigenvalue weighted by atomic mass is 35.5. The van der Waals surface area contributed by atoms with Crippen LogP contribution >= 0.6 is 35.0 Å². The summed E-state index contributed by atoms with van der Waals surface area (Å²) in [5.74, 6) is 0.771. The molecule has 0 aliphatic carbocycles. The first-order chi connectivity index (χ1) is 13.0. The Kier molecular flexibility index (Phi) is 6.42. The van der Waals surface area contributed by atoms with Crippen LogP contribution in [0.3, 0.4) is 0 Å². The summed E-state index contributed by atoms with van der Waals surface area (Å²) in [5.41, 5.74) is 2.45. The predicted molar refractivity (Wildman–Crippen MR) is 112 cm³/mol. The van der Waals surface area contributed by atoms with Crippen LogP contribution in [0.1, 0.15) is 12.5 Å². The summed E-state index contributed by atoms with van der Waals surface area (Å²) in [7, 11) is 0. The monoisotopic (exact) mass is 420 g/mol. The van der Waals surface area contributed by atoms with E-state index in [-0.39, 0.29) is 11.7 Å². The van der Waals surface area contributed by atoms with Crippen LogP contribution in [0.25, 0.3) is 11.4 Å². The number of amides is 1. The van der Waals surface area contributed by atoms with Gasteiger partial charge < -0.3 is 9.88 Å². The largest absolute Gasteiger partial charge is 0.325 e. The molecule has 0 bridgehead atoms. The molecular weight excluding hydrogens is 403 g/mol. The number of benzene rings is 2. The van der Waals surface area contributed by atoms with Crippen LogP contribution in [0.5, 0.6) is 0 Å². The van der Waals surface area contributed by atoms with Crippen LogP contribution in [-0.2, 0) is 11.3 Å². The number of nitrogens with one attached hydrogen (secondary N) is 1. The molecule has 2 aromatic carbocycles. The number of aryl methyl sites for hydroxylation is 1. The molecule has 1 amide bonds. The van der Waals surface area contributed by atoms with E-state index in [2.05, 4.69) is 15.5 Å². The first-order valence-corrected chi connectivity index (χ1v) is 10.1. The molecule has 0 aliphatic rings. The lowest BCUT2D eigenvalue weighted by molar-refractivity contribution is -0.113. The zero-order chi connectivity index (χ0) is 19.4. The van der Waals surface area contributed by atoms with Crippen LogP contribution in [0.15, 0.2) is 47.6 Å². The van der Waals surface area contributed by atoms with Gasteiger partial charge in [-0.15, -0.1) is 10.2 Å². The third-order valence-corrected chi connectivity index (χ3v) is 5.64. The number of hydrogen-bond acceptors (Lipinski definition) is 4. The van der Waals surface area contributed by atoms with Gasteiger partial charge in [-0.3, -0.25) is 4.79 Å². The normalized spacial score (nSPS) is 10.8. The Morgan fingerprint density at radius 3 is 2.63 bits per heavy atom. The molecule has 0 unspecified atom stereocenters. The highest BCUT2D eigenvalue weighted by Crippen LogP contribution is 2.29. The molecule has 0 spiro atoms. The van der Waals surface area contributed by atoms with Crippen molar-refractivity contribution in [2.45, 2.75) is 25.5 Å². The first kappa shape index (κ1) is 19.7. The third-order valence-electron chi connectivity index (χ3n) is 3.94. The second kappa shape index (κ2) is 8.78. The fourth-order valence-electron chi connectivity index (χ4n) is 2.52. The van der Waals surface area contributed by atoms with E-state index in [1.165, 1.54) is 11.8 Å². The summed E-state index contributed by atoms with van der Waals surface area (Å²) in [6.45, 7) is 4.59. The Hall–Kier alpha value is -2.02. The molecule has 8 heteroatoms. The molecule has 0 saturated carbocycles. The van der Waals surface area contributed by atoms with Crippen LogP contribution in [0.2, 0.25) is 10.0 Å². The molecule has 27 heavy (non-hydrogen) atoms. The third kappa shape index (κ3) is 4.64. The van der Waals surface area contributed by atoms with E-state index in [1.54, 1.807) is 6.07 Å². The first-order valence-electron chi connectivity index (χ1n) is 8.36. The van der Waals surface area contributed by atoms with Crippen molar-refractivity contribution in [3.63, 3.8) is 0 Å². The predicted octanol–water partition coefficient (Wildman–Crippen LogP) is 5.31. The fourth-order valence-corrected chi connectivity index (χ4v) is 3.72. The maximum absolute atomic E-state index is 12.3. The number of halogens is 2. The van der Waals surface area contributed by atoms with Crippen molar-refractivity contribution in [1.29, 1.82) is 0 Å². The van der Waals surface area contributed by atoms with E-state index in [0.717, 1.165) is 11.1 Å². The number of hydrogen-bond donors (Lipinski definition) is 1. The standard InChI is InChI=1S/C19H18Cl2N4OS/c1-3-25-18(14-6-4-5-7-15(14)20)23-24-19(25)27-11-17(26)22-13-9-8-12(2)16(21)10-13/h4-10H,3,11H2,1-2H3,(H,22,26). The van der Waals surface area contributed by atoms with Gasteiger partial charge in [0.2, 0.25) is 5.91 Å². The lowest BCUT2D eigenvalue weighted by Crippen LogP contribution is -2.14. The molecule has 0 aliphatic heterocycles. The minimum absolute atomic E-state index is 0.134. The van der Waals surface area contributed by atoms with Gasteiger partial charge in [0.05, 0.1) is 10.8 Å². The SMILES string of the molecule is CCn1c(SCC(=O)Nc2ccc(C)c(Cl)c2)nnc1-c1ccccc1Cl. The van der Waals surface area contributed by atoms with Crippen molar-refractivity contribution >= 4 is 46.6 Å². The Labute approximate surface area is 172 Å². The summed E-state index contributed by atoms with van der Waals surface area (Å²) in [5, 5.41) is 13.2.